The molecule has 3 rings (SSSR count). The van der Waals surface area contributed by atoms with Crippen molar-refractivity contribution in [1.82, 2.24) is 0 Å². The third kappa shape index (κ3) is 26.6. The average Bonchev–Trinajstić information content (AvgIpc) is 3.23. The highest BCUT2D eigenvalue weighted by atomic mass is 35.5. The highest BCUT2D eigenvalue weighted by Gasteiger charge is 2.26. The standard InChI is InChI=1S/C16H26ClO2P.C16H26NO4P.C16H27O2P/c1-3-5-9-13-20(18,14-10-6-4-2)19-16-12-8-7-11-15(16)17;1-3-5-7-13-22(20,14-8-6-4-2)21-16-11-9-15(10-12-16)17(18)19;1-3-5-10-14-19(17,15-11-6-4-2)18-16-12-8-7-9-13-16/h7-8,11-12H,3-6,9-10,13-14H2,1-2H3;9-12H,3-8,13-14H2,1-2H3;7-9,12-13H,3-6,10-11,14-15H2,1-2H3. The number of para-hydroxylation sites is 2. The second-order valence-corrected chi connectivity index (χ2v) is 24.3. The highest BCUT2D eigenvalue weighted by molar-refractivity contribution is 7.60. The van der Waals surface area contributed by atoms with Gasteiger partial charge in [-0.1, -0.05) is 161 Å². The Morgan fingerprint density at radius 1 is 0.443 bits per heavy atom. The zero-order chi connectivity index (χ0) is 45.2. The number of nitrogens with zero attached hydrogens (tertiary/aromatic N) is 1. The third-order valence-electron chi connectivity index (χ3n) is 10.0. The van der Waals surface area contributed by atoms with E-state index >= 15 is 0 Å². The van der Waals surface area contributed by atoms with Crippen molar-refractivity contribution in [3.8, 4) is 17.2 Å². The van der Waals surface area contributed by atoms with Crippen molar-refractivity contribution in [1.29, 1.82) is 0 Å². The number of hydrogen-bond acceptors (Lipinski definition) is 8. The summed E-state index contributed by atoms with van der Waals surface area (Å²) in [5, 5.41) is 11.2. The summed E-state index contributed by atoms with van der Waals surface area (Å²) in [6.07, 6.45) is 22.9. The summed E-state index contributed by atoms with van der Waals surface area (Å²) in [6, 6.07) is 22.7. The van der Waals surface area contributed by atoms with Gasteiger partial charge in [0.05, 0.1) is 9.95 Å². The van der Waals surface area contributed by atoms with E-state index < -0.39 is 27.0 Å². The first-order chi connectivity index (χ1) is 29.3. The lowest BCUT2D eigenvalue weighted by molar-refractivity contribution is -0.384. The molecule has 0 radical (unpaired) electrons. The Morgan fingerprint density at radius 3 is 1.08 bits per heavy atom. The van der Waals surface area contributed by atoms with Gasteiger partial charge in [0.2, 0.25) is 22.1 Å². The number of non-ortho nitro benzene ring substituents is 1. The smallest absolute Gasteiger partial charge is 0.269 e. The molecule has 0 bridgehead atoms. The molecule has 13 heteroatoms. The molecule has 0 spiro atoms. The topological polar surface area (TPSA) is 122 Å². The quantitative estimate of drug-likeness (QED) is 0.0271. The van der Waals surface area contributed by atoms with Gasteiger partial charge in [-0.05, 0) is 74.9 Å². The Bertz CT molecular complexity index is 1670. The summed E-state index contributed by atoms with van der Waals surface area (Å²) < 4.78 is 56.4. The van der Waals surface area contributed by atoms with Crippen molar-refractivity contribution < 1.29 is 32.2 Å². The number of unbranched alkanes of at least 4 members (excludes halogenated alkanes) is 12. The summed E-state index contributed by atoms with van der Waals surface area (Å²) in [6.45, 7) is 12.9. The van der Waals surface area contributed by atoms with Gasteiger partial charge in [-0.25, -0.2) is 0 Å². The Morgan fingerprint density at radius 2 is 0.754 bits per heavy atom. The van der Waals surface area contributed by atoms with Crippen molar-refractivity contribution in [2.45, 2.75) is 157 Å². The molecule has 0 amide bonds. The van der Waals surface area contributed by atoms with E-state index in [2.05, 4.69) is 41.5 Å². The van der Waals surface area contributed by atoms with Gasteiger partial charge < -0.3 is 13.6 Å². The van der Waals surface area contributed by atoms with Gasteiger partial charge in [0, 0.05) is 49.1 Å². The van der Waals surface area contributed by atoms with Crippen LogP contribution < -0.4 is 13.6 Å². The van der Waals surface area contributed by atoms with E-state index in [1.165, 1.54) is 24.3 Å². The maximum Gasteiger partial charge on any atom is 0.269 e. The van der Waals surface area contributed by atoms with Crippen molar-refractivity contribution in [3.05, 3.63) is 94.0 Å². The molecule has 0 atom stereocenters. The summed E-state index contributed by atoms with van der Waals surface area (Å²) in [7, 11) is -7.82. The minimum absolute atomic E-state index is 0.0131. The Hall–Kier alpha value is -2.56. The number of hydrogen-bond donors (Lipinski definition) is 0. The fourth-order valence-electron chi connectivity index (χ4n) is 6.42. The van der Waals surface area contributed by atoms with Gasteiger partial charge in [0.1, 0.15) is 17.2 Å². The molecular formula is C48H79ClNO8P3. The number of nitro groups is 1. The van der Waals surface area contributed by atoms with E-state index in [0.29, 0.717) is 41.2 Å². The SMILES string of the molecule is CCCCCP(=O)(CCCCC)Oc1ccc([N+](=O)[O-])cc1.CCCCCP(=O)(CCCCC)Oc1ccccc1.CCCCCP(=O)(CCCCC)Oc1ccccc1Cl. The van der Waals surface area contributed by atoms with Crippen molar-refractivity contribution in [2.75, 3.05) is 37.0 Å². The van der Waals surface area contributed by atoms with Gasteiger partial charge in [-0.3, -0.25) is 23.8 Å². The van der Waals surface area contributed by atoms with Crippen LogP contribution in [-0.4, -0.2) is 41.9 Å². The lowest BCUT2D eigenvalue weighted by atomic mass is 10.3. The van der Waals surface area contributed by atoms with Crippen LogP contribution in [0.4, 0.5) is 5.69 Å². The normalized spacial score (nSPS) is 11.5. The van der Waals surface area contributed by atoms with Crippen LogP contribution in [0.2, 0.25) is 5.02 Å². The zero-order valence-corrected chi connectivity index (χ0v) is 41.8. The average molecular weight is 927 g/mol. The van der Waals surface area contributed by atoms with Crippen LogP contribution in [0.5, 0.6) is 17.2 Å². The molecule has 0 aliphatic heterocycles. The van der Waals surface area contributed by atoms with Crippen LogP contribution >= 0.6 is 33.7 Å². The molecule has 0 N–H and O–H groups in total. The minimum atomic E-state index is -2.71. The number of nitro benzene ring substituents is 1. The molecule has 61 heavy (non-hydrogen) atoms. The number of benzene rings is 3. The molecule has 9 nitrogen and oxygen atoms in total. The minimum Gasteiger partial charge on any atom is -0.443 e. The van der Waals surface area contributed by atoms with Crippen LogP contribution in [-0.2, 0) is 13.7 Å². The second kappa shape index (κ2) is 33.9. The fraction of sp³-hybridized carbons (Fsp3) is 0.625. The fourth-order valence-corrected chi connectivity index (χ4v) is 13.6. The summed E-state index contributed by atoms with van der Waals surface area (Å²) in [5.74, 6) is 1.77. The summed E-state index contributed by atoms with van der Waals surface area (Å²) in [4.78, 5) is 10.2. The lowest BCUT2D eigenvalue weighted by Gasteiger charge is -2.20. The first kappa shape index (κ1) is 56.5. The molecule has 0 aliphatic rings. The van der Waals surface area contributed by atoms with Crippen LogP contribution in [0.25, 0.3) is 0 Å². The Kier molecular flexibility index (Phi) is 31.4. The predicted molar refractivity (Wildman–Crippen MR) is 262 cm³/mol. The zero-order valence-electron chi connectivity index (χ0n) is 38.4. The molecule has 0 unspecified atom stereocenters. The van der Waals surface area contributed by atoms with E-state index in [1.807, 2.05) is 42.5 Å². The molecule has 3 aromatic carbocycles. The second-order valence-electron chi connectivity index (χ2n) is 15.8. The van der Waals surface area contributed by atoms with Crippen LogP contribution in [0.3, 0.4) is 0 Å². The van der Waals surface area contributed by atoms with Crippen molar-refractivity contribution in [3.63, 3.8) is 0 Å². The monoisotopic (exact) mass is 925 g/mol. The third-order valence-corrected chi connectivity index (χ3v) is 18.0. The molecular weight excluding hydrogens is 847 g/mol. The number of rotatable bonds is 31. The maximum atomic E-state index is 13.0. The summed E-state index contributed by atoms with van der Waals surface area (Å²) >= 11 is 6.11. The van der Waals surface area contributed by atoms with Gasteiger partial charge in [-0.2, -0.15) is 0 Å². The summed E-state index contributed by atoms with van der Waals surface area (Å²) in [5.41, 5.74) is 0.0131. The molecule has 0 heterocycles. The molecule has 346 valence electrons. The van der Waals surface area contributed by atoms with Crippen LogP contribution in [0.15, 0.2) is 78.9 Å². The van der Waals surface area contributed by atoms with Gasteiger partial charge in [-0.15, -0.1) is 0 Å². The van der Waals surface area contributed by atoms with E-state index in [9.17, 15) is 23.8 Å². The highest BCUT2D eigenvalue weighted by Crippen LogP contribution is 2.51. The molecule has 0 aromatic heterocycles. The van der Waals surface area contributed by atoms with E-state index in [4.69, 9.17) is 25.2 Å². The molecule has 3 aromatic rings. The Balaban J connectivity index is 0.000000459. The van der Waals surface area contributed by atoms with E-state index in [0.717, 1.165) is 134 Å². The van der Waals surface area contributed by atoms with E-state index in [-0.39, 0.29) is 5.69 Å². The van der Waals surface area contributed by atoms with Crippen LogP contribution in [0.1, 0.15) is 157 Å². The van der Waals surface area contributed by atoms with E-state index in [1.54, 1.807) is 12.1 Å². The van der Waals surface area contributed by atoms with Gasteiger partial charge in [0.25, 0.3) is 5.69 Å². The number of halogens is 1. The first-order valence-electron chi connectivity index (χ1n) is 23.2. The van der Waals surface area contributed by atoms with Crippen molar-refractivity contribution >= 4 is 39.4 Å². The molecule has 0 saturated carbocycles. The van der Waals surface area contributed by atoms with Gasteiger partial charge >= 0.3 is 0 Å². The first-order valence-corrected chi connectivity index (χ1v) is 29.5. The van der Waals surface area contributed by atoms with Crippen molar-refractivity contribution in [2.24, 2.45) is 0 Å². The van der Waals surface area contributed by atoms with Gasteiger partial charge in [0.15, 0.2) is 0 Å². The largest absolute Gasteiger partial charge is 0.443 e. The maximum absolute atomic E-state index is 13.0. The predicted octanol–water partition coefficient (Wildman–Crippen LogP) is 17.7. The van der Waals surface area contributed by atoms with Crippen LogP contribution in [0, 0.1) is 10.1 Å². The lowest BCUT2D eigenvalue weighted by Crippen LogP contribution is -2.03. The molecule has 0 saturated heterocycles. The molecule has 0 aliphatic carbocycles. The Labute approximate surface area is 375 Å². The molecule has 0 fully saturated rings.